The van der Waals surface area contributed by atoms with Crippen molar-refractivity contribution in [3.05, 3.63) is 54.6 Å². The van der Waals surface area contributed by atoms with E-state index >= 15 is 0 Å². The van der Waals surface area contributed by atoms with Crippen molar-refractivity contribution < 1.29 is 9.13 Å². The van der Waals surface area contributed by atoms with Gasteiger partial charge in [0.2, 0.25) is 11.8 Å². The standard InChI is InChI=1S/C15H13FN4O/c16-12-5-3-7-17-14(12)21-9-8-18-15-19-10-11-4-1-2-6-13(11)20-15/h1-7,10H,8-9H2,(H,18,19,20). The van der Waals surface area contributed by atoms with Gasteiger partial charge in [-0.2, -0.15) is 0 Å². The van der Waals surface area contributed by atoms with E-state index in [1.54, 1.807) is 6.20 Å². The molecule has 0 aliphatic heterocycles. The Morgan fingerprint density at radius 3 is 2.90 bits per heavy atom. The molecule has 6 heteroatoms. The average molecular weight is 284 g/mol. The highest BCUT2D eigenvalue weighted by atomic mass is 19.1. The van der Waals surface area contributed by atoms with Gasteiger partial charge in [-0.05, 0) is 18.2 Å². The molecule has 0 bridgehead atoms. The lowest BCUT2D eigenvalue weighted by Gasteiger charge is -2.07. The van der Waals surface area contributed by atoms with E-state index in [1.165, 1.54) is 18.3 Å². The van der Waals surface area contributed by atoms with E-state index in [9.17, 15) is 4.39 Å². The molecule has 0 amide bonds. The van der Waals surface area contributed by atoms with Crippen LogP contribution >= 0.6 is 0 Å². The zero-order valence-corrected chi connectivity index (χ0v) is 11.2. The Labute approximate surface area is 120 Å². The first kappa shape index (κ1) is 13.2. The summed E-state index contributed by atoms with van der Waals surface area (Å²) in [5, 5.41) is 4.01. The van der Waals surface area contributed by atoms with Crippen molar-refractivity contribution in [2.75, 3.05) is 18.5 Å². The number of halogens is 1. The normalized spacial score (nSPS) is 10.5. The fraction of sp³-hybridized carbons (Fsp3) is 0.133. The number of pyridine rings is 1. The minimum Gasteiger partial charge on any atom is -0.474 e. The quantitative estimate of drug-likeness (QED) is 0.730. The molecule has 0 fully saturated rings. The molecule has 5 nitrogen and oxygen atoms in total. The van der Waals surface area contributed by atoms with Crippen LogP contribution in [0.1, 0.15) is 0 Å². The molecule has 3 aromatic rings. The first-order valence-electron chi connectivity index (χ1n) is 6.52. The van der Waals surface area contributed by atoms with Crippen molar-refractivity contribution in [1.29, 1.82) is 0 Å². The number of fused-ring (bicyclic) bond motifs is 1. The van der Waals surface area contributed by atoms with Crippen LogP contribution in [0.25, 0.3) is 10.9 Å². The van der Waals surface area contributed by atoms with Gasteiger partial charge in [0.1, 0.15) is 6.61 Å². The van der Waals surface area contributed by atoms with Gasteiger partial charge in [0, 0.05) is 17.8 Å². The summed E-state index contributed by atoms with van der Waals surface area (Å²) in [6, 6.07) is 10.6. The Bertz CT molecular complexity index is 750. The molecule has 0 aliphatic rings. The molecule has 0 aliphatic carbocycles. The third kappa shape index (κ3) is 3.22. The first-order valence-corrected chi connectivity index (χ1v) is 6.52. The summed E-state index contributed by atoms with van der Waals surface area (Å²) in [7, 11) is 0. The van der Waals surface area contributed by atoms with E-state index in [0.717, 1.165) is 10.9 Å². The van der Waals surface area contributed by atoms with Gasteiger partial charge in [0.15, 0.2) is 5.82 Å². The van der Waals surface area contributed by atoms with E-state index in [4.69, 9.17) is 4.74 Å². The molecule has 21 heavy (non-hydrogen) atoms. The number of nitrogens with zero attached hydrogens (tertiary/aromatic N) is 3. The summed E-state index contributed by atoms with van der Waals surface area (Å²) < 4.78 is 18.5. The van der Waals surface area contributed by atoms with E-state index in [-0.39, 0.29) is 12.5 Å². The maximum Gasteiger partial charge on any atom is 0.250 e. The molecule has 2 aromatic heterocycles. The Kier molecular flexibility index (Phi) is 3.86. The number of benzene rings is 1. The smallest absolute Gasteiger partial charge is 0.250 e. The monoisotopic (exact) mass is 284 g/mol. The second kappa shape index (κ2) is 6.13. The minimum atomic E-state index is -0.473. The van der Waals surface area contributed by atoms with Crippen LogP contribution in [-0.2, 0) is 0 Å². The van der Waals surface area contributed by atoms with E-state index in [2.05, 4.69) is 20.3 Å². The number of nitrogens with one attached hydrogen (secondary N) is 1. The Balaban J connectivity index is 1.56. The largest absolute Gasteiger partial charge is 0.474 e. The molecule has 0 saturated heterocycles. The zero-order chi connectivity index (χ0) is 14.5. The topological polar surface area (TPSA) is 59.9 Å². The zero-order valence-electron chi connectivity index (χ0n) is 11.2. The fourth-order valence-corrected chi connectivity index (χ4v) is 1.85. The summed E-state index contributed by atoms with van der Waals surface area (Å²) in [4.78, 5) is 12.4. The van der Waals surface area contributed by atoms with Crippen LogP contribution in [0.3, 0.4) is 0 Å². The van der Waals surface area contributed by atoms with Gasteiger partial charge < -0.3 is 10.1 Å². The van der Waals surface area contributed by atoms with Crippen LogP contribution in [0.4, 0.5) is 10.3 Å². The van der Waals surface area contributed by atoms with Crippen LogP contribution in [0.15, 0.2) is 48.8 Å². The van der Waals surface area contributed by atoms with Crippen molar-refractivity contribution >= 4 is 16.9 Å². The number of ether oxygens (including phenoxy) is 1. The number of hydrogen-bond donors (Lipinski definition) is 1. The van der Waals surface area contributed by atoms with Crippen molar-refractivity contribution in [1.82, 2.24) is 15.0 Å². The van der Waals surface area contributed by atoms with Crippen LogP contribution in [-0.4, -0.2) is 28.1 Å². The van der Waals surface area contributed by atoms with Crippen LogP contribution in [0.2, 0.25) is 0 Å². The summed E-state index contributed by atoms with van der Waals surface area (Å²) in [5.41, 5.74) is 0.867. The van der Waals surface area contributed by atoms with E-state index < -0.39 is 5.82 Å². The molecule has 0 unspecified atom stereocenters. The second-order valence-electron chi connectivity index (χ2n) is 4.32. The predicted octanol–water partition coefficient (Wildman–Crippen LogP) is 2.65. The van der Waals surface area contributed by atoms with Gasteiger partial charge in [-0.3, -0.25) is 0 Å². The molecule has 106 valence electrons. The number of para-hydroxylation sites is 1. The second-order valence-corrected chi connectivity index (χ2v) is 4.32. The van der Waals surface area contributed by atoms with Crippen LogP contribution in [0, 0.1) is 5.82 Å². The average Bonchev–Trinajstić information content (AvgIpc) is 2.53. The van der Waals surface area contributed by atoms with Gasteiger partial charge in [0.05, 0.1) is 12.1 Å². The Hall–Kier alpha value is -2.76. The lowest BCUT2D eigenvalue weighted by atomic mass is 10.2. The van der Waals surface area contributed by atoms with Crippen molar-refractivity contribution in [3.8, 4) is 5.88 Å². The molecule has 2 heterocycles. The summed E-state index contributed by atoms with van der Waals surface area (Å²) in [5.74, 6) is 0.0389. The summed E-state index contributed by atoms with van der Waals surface area (Å²) >= 11 is 0. The number of aromatic nitrogens is 3. The van der Waals surface area contributed by atoms with Crippen molar-refractivity contribution in [2.24, 2.45) is 0 Å². The molecule has 1 N–H and O–H groups in total. The molecule has 0 spiro atoms. The van der Waals surface area contributed by atoms with Gasteiger partial charge in [0.25, 0.3) is 0 Å². The third-order valence-corrected chi connectivity index (χ3v) is 2.84. The third-order valence-electron chi connectivity index (χ3n) is 2.84. The lowest BCUT2D eigenvalue weighted by molar-refractivity contribution is 0.301. The molecule has 0 atom stereocenters. The molecule has 3 rings (SSSR count). The molecular formula is C15H13FN4O. The predicted molar refractivity (Wildman–Crippen MR) is 77.7 cm³/mol. The molecule has 1 aromatic carbocycles. The Morgan fingerprint density at radius 2 is 2.00 bits per heavy atom. The first-order chi connectivity index (χ1) is 10.3. The van der Waals surface area contributed by atoms with Gasteiger partial charge in [-0.1, -0.05) is 18.2 Å². The van der Waals surface area contributed by atoms with Crippen LogP contribution < -0.4 is 10.1 Å². The van der Waals surface area contributed by atoms with E-state index in [1.807, 2.05) is 24.3 Å². The highest BCUT2D eigenvalue weighted by Gasteiger charge is 2.03. The lowest BCUT2D eigenvalue weighted by Crippen LogP contribution is -2.14. The summed E-state index contributed by atoms with van der Waals surface area (Å²) in [6.07, 6.45) is 3.24. The van der Waals surface area contributed by atoms with Crippen molar-refractivity contribution in [3.63, 3.8) is 0 Å². The SMILES string of the molecule is Fc1cccnc1OCCNc1ncc2ccccc2n1. The number of rotatable bonds is 5. The summed E-state index contributed by atoms with van der Waals surface area (Å²) in [6.45, 7) is 0.721. The van der Waals surface area contributed by atoms with Gasteiger partial charge >= 0.3 is 0 Å². The minimum absolute atomic E-state index is 0.00118. The molecule has 0 saturated carbocycles. The van der Waals surface area contributed by atoms with E-state index in [0.29, 0.717) is 12.5 Å². The van der Waals surface area contributed by atoms with Crippen molar-refractivity contribution in [2.45, 2.75) is 0 Å². The maximum atomic E-state index is 13.3. The Morgan fingerprint density at radius 1 is 1.10 bits per heavy atom. The molecule has 0 radical (unpaired) electrons. The highest BCUT2D eigenvalue weighted by Crippen LogP contribution is 2.12. The fourth-order valence-electron chi connectivity index (χ4n) is 1.85. The van der Waals surface area contributed by atoms with Gasteiger partial charge in [-0.25, -0.2) is 19.3 Å². The maximum absolute atomic E-state index is 13.3. The number of hydrogen-bond acceptors (Lipinski definition) is 5. The number of anilines is 1. The van der Waals surface area contributed by atoms with Crippen LogP contribution in [0.5, 0.6) is 5.88 Å². The highest BCUT2D eigenvalue weighted by molar-refractivity contribution is 5.78. The van der Waals surface area contributed by atoms with Gasteiger partial charge in [-0.15, -0.1) is 0 Å². The molecular weight excluding hydrogens is 271 g/mol.